The van der Waals surface area contributed by atoms with Crippen molar-refractivity contribution in [1.82, 2.24) is 0 Å². The zero-order valence-electron chi connectivity index (χ0n) is 16.0. The van der Waals surface area contributed by atoms with Gasteiger partial charge in [-0.2, -0.15) is 0 Å². The Kier molecular flexibility index (Phi) is 15.0. The van der Waals surface area contributed by atoms with E-state index in [1.807, 2.05) is 0 Å². The van der Waals surface area contributed by atoms with E-state index in [0.29, 0.717) is 0 Å². The van der Waals surface area contributed by atoms with Gasteiger partial charge in [-0.25, -0.2) is 0 Å². The minimum absolute atomic E-state index is 0.843. The molecule has 0 aliphatic carbocycles. The van der Waals surface area contributed by atoms with Crippen LogP contribution in [0.4, 0.5) is 0 Å². The van der Waals surface area contributed by atoms with E-state index in [4.69, 9.17) is 0 Å². The minimum atomic E-state index is 0.843. The number of rotatable bonds is 15. The smallest absolute Gasteiger partial charge is 0.0322 e. The van der Waals surface area contributed by atoms with Gasteiger partial charge in [-0.1, -0.05) is 83.4 Å². The fourth-order valence-electron chi connectivity index (χ4n) is 2.88. The molecule has 0 bridgehead atoms. The summed E-state index contributed by atoms with van der Waals surface area (Å²) in [6, 6.07) is 0. The lowest BCUT2D eigenvalue weighted by atomic mass is 9.88. The molecule has 2 unspecified atom stereocenters. The Hall–Kier alpha value is -0.520. The van der Waals surface area contributed by atoms with Crippen LogP contribution < -0.4 is 0 Å². The highest BCUT2D eigenvalue weighted by Gasteiger charge is 2.09. The molecule has 130 valence electrons. The summed E-state index contributed by atoms with van der Waals surface area (Å²) in [4.78, 5) is 0. The van der Waals surface area contributed by atoms with E-state index in [9.17, 15) is 0 Å². The Morgan fingerprint density at radius 3 is 2.23 bits per heavy atom. The molecule has 0 aliphatic rings. The molecule has 0 saturated heterocycles. The molecule has 0 aromatic rings. The van der Waals surface area contributed by atoms with E-state index < -0.39 is 0 Å². The third-order valence-corrected chi connectivity index (χ3v) is 4.88. The van der Waals surface area contributed by atoms with Crippen LogP contribution in [0.1, 0.15) is 105 Å². The number of allylic oxidation sites excluding steroid dienone is 3. The minimum Gasteiger partial charge on any atom is -0.100 e. The Morgan fingerprint density at radius 2 is 1.55 bits per heavy atom. The lowest BCUT2D eigenvalue weighted by molar-refractivity contribution is 0.355. The molecule has 0 aromatic heterocycles. The maximum absolute atomic E-state index is 3.96. The van der Waals surface area contributed by atoms with Gasteiger partial charge in [0.2, 0.25) is 0 Å². The molecule has 0 rings (SSSR count). The van der Waals surface area contributed by atoms with Crippen molar-refractivity contribution in [3.63, 3.8) is 0 Å². The Bertz CT molecular complexity index is 274. The van der Waals surface area contributed by atoms with Gasteiger partial charge in [0.05, 0.1) is 0 Å². The van der Waals surface area contributed by atoms with E-state index in [2.05, 4.69) is 46.4 Å². The third kappa shape index (κ3) is 14.4. The van der Waals surface area contributed by atoms with E-state index >= 15 is 0 Å². The predicted octanol–water partition coefficient (Wildman–Crippen LogP) is 8.09. The largest absolute Gasteiger partial charge is 0.100 e. The molecule has 0 nitrogen and oxygen atoms in total. The summed E-state index contributed by atoms with van der Waals surface area (Å²) in [5.41, 5.74) is 1.33. The van der Waals surface area contributed by atoms with Gasteiger partial charge in [0, 0.05) is 0 Å². The molecule has 0 heteroatoms. The summed E-state index contributed by atoms with van der Waals surface area (Å²) in [5, 5.41) is 0. The van der Waals surface area contributed by atoms with Crippen molar-refractivity contribution in [3.05, 3.63) is 24.3 Å². The highest BCUT2D eigenvalue weighted by Crippen LogP contribution is 2.21. The standard InChI is InChI=1S/C22H42/c1-6-7-14-18-21(4)22(5)19-16-13-11-9-8-10-12-15-17-20(2)3/h13,16,21-22H,2,6-12,14-15,17-19H2,1,3-5H3. The number of hydrogen-bond acceptors (Lipinski definition) is 0. The lowest BCUT2D eigenvalue weighted by Gasteiger charge is -2.18. The van der Waals surface area contributed by atoms with Crippen molar-refractivity contribution >= 4 is 0 Å². The summed E-state index contributed by atoms with van der Waals surface area (Å²) in [6.07, 6.45) is 21.0. The molecule has 0 N–H and O–H groups in total. The summed E-state index contributed by atoms with van der Waals surface area (Å²) in [7, 11) is 0. The molecule has 0 heterocycles. The van der Waals surface area contributed by atoms with Crippen LogP contribution in [-0.2, 0) is 0 Å². The van der Waals surface area contributed by atoms with Gasteiger partial charge in [0.15, 0.2) is 0 Å². The molecule has 0 aromatic carbocycles. The topological polar surface area (TPSA) is 0 Å². The highest BCUT2D eigenvalue weighted by atomic mass is 14.1. The molecule has 0 amide bonds. The van der Waals surface area contributed by atoms with Crippen LogP contribution in [0.2, 0.25) is 0 Å². The average molecular weight is 307 g/mol. The fraction of sp³-hybridized carbons (Fsp3) is 0.818. The quantitative estimate of drug-likeness (QED) is 0.212. The summed E-state index contributed by atoms with van der Waals surface area (Å²) in [5.74, 6) is 1.72. The summed E-state index contributed by atoms with van der Waals surface area (Å²) in [6.45, 7) is 13.2. The van der Waals surface area contributed by atoms with Crippen LogP contribution in [-0.4, -0.2) is 0 Å². The van der Waals surface area contributed by atoms with Gasteiger partial charge in [-0.05, 0) is 50.9 Å². The zero-order valence-corrected chi connectivity index (χ0v) is 16.0. The molecular weight excluding hydrogens is 264 g/mol. The number of hydrogen-bond donors (Lipinski definition) is 0. The molecule has 0 spiro atoms. The number of unbranched alkanes of at least 4 members (excludes halogenated alkanes) is 7. The van der Waals surface area contributed by atoms with Crippen LogP contribution in [0.5, 0.6) is 0 Å². The van der Waals surface area contributed by atoms with Gasteiger partial charge in [-0.3, -0.25) is 0 Å². The second-order valence-corrected chi connectivity index (χ2v) is 7.42. The van der Waals surface area contributed by atoms with E-state index in [1.54, 1.807) is 0 Å². The van der Waals surface area contributed by atoms with E-state index in [0.717, 1.165) is 11.8 Å². The normalized spacial score (nSPS) is 14.4. The van der Waals surface area contributed by atoms with Crippen LogP contribution in [0.3, 0.4) is 0 Å². The van der Waals surface area contributed by atoms with Crippen molar-refractivity contribution in [2.45, 2.75) is 105 Å². The van der Waals surface area contributed by atoms with Crippen LogP contribution in [0.15, 0.2) is 24.3 Å². The SMILES string of the molecule is C=C(C)CCCCCCCC=CCC(C)C(C)CCCCC. The molecule has 0 saturated carbocycles. The Morgan fingerprint density at radius 1 is 0.864 bits per heavy atom. The average Bonchev–Trinajstić information content (AvgIpc) is 2.48. The Labute approximate surface area is 141 Å². The molecule has 2 atom stereocenters. The first-order valence-electron chi connectivity index (χ1n) is 9.87. The van der Waals surface area contributed by atoms with Crippen molar-refractivity contribution in [2.24, 2.45) is 11.8 Å². The summed E-state index contributed by atoms with van der Waals surface area (Å²) < 4.78 is 0. The van der Waals surface area contributed by atoms with Crippen LogP contribution in [0.25, 0.3) is 0 Å². The predicted molar refractivity (Wildman–Crippen MR) is 103 cm³/mol. The Balaban J connectivity index is 3.43. The first-order valence-corrected chi connectivity index (χ1v) is 9.87. The molecular formula is C22H42. The van der Waals surface area contributed by atoms with Gasteiger partial charge >= 0.3 is 0 Å². The monoisotopic (exact) mass is 306 g/mol. The fourth-order valence-corrected chi connectivity index (χ4v) is 2.88. The van der Waals surface area contributed by atoms with Gasteiger partial charge in [0.25, 0.3) is 0 Å². The maximum Gasteiger partial charge on any atom is -0.0322 e. The van der Waals surface area contributed by atoms with Crippen molar-refractivity contribution in [1.29, 1.82) is 0 Å². The van der Waals surface area contributed by atoms with Crippen molar-refractivity contribution in [2.75, 3.05) is 0 Å². The molecule has 22 heavy (non-hydrogen) atoms. The molecule has 0 radical (unpaired) electrons. The van der Waals surface area contributed by atoms with Crippen molar-refractivity contribution < 1.29 is 0 Å². The van der Waals surface area contributed by atoms with Gasteiger partial charge < -0.3 is 0 Å². The van der Waals surface area contributed by atoms with Crippen LogP contribution in [0, 0.1) is 11.8 Å². The first kappa shape index (κ1) is 21.5. The molecule has 0 fully saturated rings. The van der Waals surface area contributed by atoms with E-state index in [-0.39, 0.29) is 0 Å². The zero-order chi connectivity index (χ0) is 16.6. The second kappa shape index (κ2) is 15.4. The third-order valence-electron chi connectivity index (χ3n) is 4.88. The van der Waals surface area contributed by atoms with Gasteiger partial charge in [0.1, 0.15) is 0 Å². The molecule has 0 aliphatic heterocycles. The van der Waals surface area contributed by atoms with E-state index in [1.165, 1.54) is 82.6 Å². The highest BCUT2D eigenvalue weighted by molar-refractivity contribution is 4.87. The second-order valence-electron chi connectivity index (χ2n) is 7.42. The summed E-state index contributed by atoms with van der Waals surface area (Å²) >= 11 is 0. The van der Waals surface area contributed by atoms with Crippen LogP contribution >= 0.6 is 0 Å². The van der Waals surface area contributed by atoms with Gasteiger partial charge in [-0.15, -0.1) is 6.58 Å². The lowest BCUT2D eigenvalue weighted by Crippen LogP contribution is -2.06. The van der Waals surface area contributed by atoms with Crippen molar-refractivity contribution in [3.8, 4) is 0 Å². The first-order chi connectivity index (χ1) is 10.6. The maximum atomic E-state index is 3.96.